The molecule has 1 aliphatic heterocycles. The highest BCUT2D eigenvalue weighted by atomic mass is 35.5. The monoisotopic (exact) mass is 326 g/mol. The van der Waals surface area contributed by atoms with Crippen LogP contribution in [-0.4, -0.2) is 56.0 Å². The Bertz CT molecular complexity index is 476. The van der Waals surface area contributed by atoms with E-state index in [4.69, 9.17) is 5.73 Å². The van der Waals surface area contributed by atoms with Gasteiger partial charge in [0.2, 0.25) is 11.8 Å². The molecule has 2 amide bonds. The van der Waals surface area contributed by atoms with Gasteiger partial charge in [-0.2, -0.15) is 0 Å². The zero-order valence-electron chi connectivity index (χ0n) is 12.5. The first-order valence-electron chi connectivity index (χ1n) is 7.25. The van der Waals surface area contributed by atoms with Gasteiger partial charge in [0.05, 0.1) is 6.54 Å². The molecule has 122 valence electrons. The predicted molar refractivity (Wildman–Crippen MR) is 89.2 cm³/mol. The fraction of sp³-hybridized carbons (Fsp3) is 0.467. The van der Waals surface area contributed by atoms with Crippen LogP contribution in [0.2, 0.25) is 0 Å². The Balaban J connectivity index is 0.00000242. The molecule has 1 aromatic rings. The van der Waals surface area contributed by atoms with Crippen LogP contribution in [0.4, 0.5) is 5.69 Å². The topological polar surface area (TPSA) is 78.7 Å². The van der Waals surface area contributed by atoms with Gasteiger partial charge in [-0.3, -0.25) is 9.59 Å². The minimum Gasteiger partial charge on any atom is -0.368 e. The summed E-state index contributed by atoms with van der Waals surface area (Å²) in [4.78, 5) is 27.4. The normalized spacial score (nSPS) is 14.2. The SMILES string of the molecule is Cl.NCCC(=O)NCC(=O)N1CCN(c2ccccc2)CC1. The second kappa shape index (κ2) is 9.27. The number of carbonyl (C=O) groups is 2. The third kappa shape index (κ3) is 5.20. The summed E-state index contributed by atoms with van der Waals surface area (Å²) < 4.78 is 0. The van der Waals surface area contributed by atoms with E-state index in [0.29, 0.717) is 19.6 Å². The molecular weight excluding hydrogens is 304 g/mol. The van der Waals surface area contributed by atoms with Crippen LogP contribution in [-0.2, 0) is 9.59 Å². The van der Waals surface area contributed by atoms with Crippen LogP contribution in [0, 0.1) is 0 Å². The number of rotatable bonds is 5. The number of benzene rings is 1. The van der Waals surface area contributed by atoms with Gasteiger partial charge in [0.25, 0.3) is 0 Å². The van der Waals surface area contributed by atoms with Gasteiger partial charge in [-0.25, -0.2) is 0 Å². The molecule has 0 bridgehead atoms. The number of hydrogen-bond acceptors (Lipinski definition) is 4. The Kier molecular flexibility index (Phi) is 7.70. The number of anilines is 1. The van der Waals surface area contributed by atoms with Crippen molar-refractivity contribution in [3.8, 4) is 0 Å². The average Bonchev–Trinajstić information content (AvgIpc) is 2.54. The molecule has 0 atom stereocenters. The molecule has 0 aliphatic carbocycles. The Labute approximate surface area is 137 Å². The smallest absolute Gasteiger partial charge is 0.242 e. The standard InChI is InChI=1S/C15H22N4O2.ClH/c16-7-6-14(20)17-12-15(21)19-10-8-18(9-11-19)13-4-2-1-3-5-13;/h1-5H,6-12,16H2,(H,17,20);1H. The molecule has 0 saturated carbocycles. The minimum absolute atomic E-state index is 0. The highest BCUT2D eigenvalue weighted by Gasteiger charge is 2.21. The fourth-order valence-electron chi connectivity index (χ4n) is 2.36. The summed E-state index contributed by atoms with van der Waals surface area (Å²) in [6.07, 6.45) is 0.259. The first-order chi connectivity index (χ1) is 10.2. The van der Waals surface area contributed by atoms with Gasteiger partial charge in [-0.05, 0) is 12.1 Å². The summed E-state index contributed by atoms with van der Waals surface area (Å²) in [6, 6.07) is 10.2. The maximum atomic E-state index is 12.0. The van der Waals surface area contributed by atoms with Crippen LogP contribution in [0.15, 0.2) is 30.3 Å². The summed E-state index contributed by atoms with van der Waals surface area (Å²) in [5.74, 6) is -0.207. The van der Waals surface area contributed by atoms with E-state index in [1.54, 1.807) is 4.90 Å². The Morgan fingerprint density at radius 2 is 1.73 bits per heavy atom. The highest BCUT2D eigenvalue weighted by molar-refractivity contribution is 5.85. The molecule has 0 aromatic heterocycles. The molecule has 7 heteroatoms. The zero-order valence-corrected chi connectivity index (χ0v) is 13.3. The first-order valence-corrected chi connectivity index (χ1v) is 7.25. The molecule has 0 spiro atoms. The number of amides is 2. The number of piperazine rings is 1. The molecule has 22 heavy (non-hydrogen) atoms. The van der Waals surface area contributed by atoms with Gasteiger partial charge >= 0.3 is 0 Å². The summed E-state index contributed by atoms with van der Waals surface area (Å²) in [5, 5.41) is 2.60. The lowest BCUT2D eigenvalue weighted by molar-refractivity contribution is -0.133. The van der Waals surface area contributed by atoms with Crippen molar-refractivity contribution in [1.82, 2.24) is 10.2 Å². The average molecular weight is 327 g/mol. The maximum absolute atomic E-state index is 12.0. The van der Waals surface area contributed by atoms with Gasteiger partial charge in [0, 0.05) is 44.8 Å². The molecule has 1 fully saturated rings. The molecule has 1 heterocycles. The maximum Gasteiger partial charge on any atom is 0.242 e. The van der Waals surface area contributed by atoms with E-state index in [1.165, 1.54) is 5.69 Å². The van der Waals surface area contributed by atoms with E-state index in [0.717, 1.165) is 13.1 Å². The van der Waals surface area contributed by atoms with Crippen LogP contribution >= 0.6 is 12.4 Å². The summed E-state index contributed by atoms with van der Waals surface area (Å²) in [6.45, 7) is 3.35. The highest BCUT2D eigenvalue weighted by Crippen LogP contribution is 2.15. The minimum atomic E-state index is -0.172. The lowest BCUT2D eigenvalue weighted by Crippen LogP contribution is -2.51. The quantitative estimate of drug-likeness (QED) is 0.811. The molecule has 3 N–H and O–H groups in total. The van der Waals surface area contributed by atoms with Crippen molar-refractivity contribution >= 4 is 29.9 Å². The van der Waals surface area contributed by atoms with Gasteiger partial charge < -0.3 is 20.9 Å². The molecule has 6 nitrogen and oxygen atoms in total. The molecule has 0 radical (unpaired) electrons. The zero-order chi connectivity index (χ0) is 15.1. The van der Waals surface area contributed by atoms with Crippen LogP contribution < -0.4 is 16.0 Å². The number of carbonyl (C=O) groups excluding carboxylic acids is 2. The van der Waals surface area contributed by atoms with Crippen LogP contribution in [0.3, 0.4) is 0 Å². The number of halogens is 1. The molecule has 1 aromatic carbocycles. The first kappa shape index (κ1) is 18.3. The van der Waals surface area contributed by atoms with Gasteiger partial charge in [-0.15, -0.1) is 12.4 Å². The number of para-hydroxylation sites is 1. The van der Waals surface area contributed by atoms with Crippen LogP contribution in [0.25, 0.3) is 0 Å². The summed E-state index contributed by atoms with van der Waals surface area (Å²) in [7, 11) is 0. The largest absolute Gasteiger partial charge is 0.368 e. The molecule has 0 unspecified atom stereocenters. The second-order valence-corrected chi connectivity index (χ2v) is 5.02. The lowest BCUT2D eigenvalue weighted by Gasteiger charge is -2.36. The van der Waals surface area contributed by atoms with E-state index in [1.807, 2.05) is 18.2 Å². The third-order valence-corrected chi connectivity index (χ3v) is 3.56. The van der Waals surface area contributed by atoms with Crippen LogP contribution in [0.1, 0.15) is 6.42 Å². The number of hydrogen-bond donors (Lipinski definition) is 2. The molecule has 1 aliphatic rings. The molecule has 1 saturated heterocycles. The third-order valence-electron chi connectivity index (χ3n) is 3.56. The van der Waals surface area contributed by atoms with Gasteiger partial charge in [-0.1, -0.05) is 18.2 Å². The molecule has 2 rings (SSSR count). The Morgan fingerprint density at radius 3 is 2.32 bits per heavy atom. The van der Waals surface area contributed by atoms with Crippen molar-refractivity contribution in [2.45, 2.75) is 6.42 Å². The summed E-state index contributed by atoms with van der Waals surface area (Å²) >= 11 is 0. The fourth-order valence-corrected chi connectivity index (χ4v) is 2.36. The number of nitrogens with zero attached hydrogens (tertiary/aromatic N) is 2. The van der Waals surface area contributed by atoms with Gasteiger partial charge in [0.1, 0.15) is 0 Å². The van der Waals surface area contributed by atoms with E-state index >= 15 is 0 Å². The van der Waals surface area contributed by atoms with Crippen molar-refractivity contribution < 1.29 is 9.59 Å². The van der Waals surface area contributed by atoms with Crippen LogP contribution in [0.5, 0.6) is 0 Å². The van der Waals surface area contributed by atoms with Crippen molar-refractivity contribution in [3.05, 3.63) is 30.3 Å². The summed E-state index contributed by atoms with van der Waals surface area (Å²) in [5.41, 5.74) is 6.47. The van der Waals surface area contributed by atoms with Crippen molar-refractivity contribution in [1.29, 1.82) is 0 Å². The number of nitrogens with one attached hydrogen (secondary N) is 1. The lowest BCUT2D eigenvalue weighted by atomic mass is 10.2. The van der Waals surface area contributed by atoms with Crippen molar-refractivity contribution in [2.75, 3.05) is 44.2 Å². The Hall–Kier alpha value is -1.79. The number of nitrogens with two attached hydrogens (primary N) is 1. The van der Waals surface area contributed by atoms with E-state index < -0.39 is 0 Å². The van der Waals surface area contributed by atoms with E-state index in [-0.39, 0.29) is 37.2 Å². The Morgan fingerprint density at radius 1 is 1.09 bits per heavy atom. The predicted octanol–water partition coefficient (Wildman–Crippen LogP) is 0.222. The van der Waals surface area contributed by atoms with Crippen molar-refractivity contribution in [2.24, 2.45) is 5.73 Å². The van der Waals surface area contributed by atoms with E-state index in [9.17, 15) is 9.59 Å². The molecular formula is C15H23ClN4O2. The van der Waals surface area contributed by atoms with Crippen molar-refractivity contribution in [3.63, 3.8) is 0 Å². The van der Waals surface area contributed by atoms with E-state index in [2.05, 4.69) is 22.3 Å². The second-order valence-electron chi connectivity index (χ2n) is 5.02. The van der Waals surface area contributed by atoms with Gasteiger partial charge in [0.15, 0.2) is 0 Å².